The average molecular weight is 1640 g/mol. The van der Waals surface area contributed by atoms with E-state index in [0.717, 1.165) is 16.8 Å². The summed E-state index contributed by atoms with van der Waals surface area (Å²) >= 11 is 0. The number of phosphoric acid groups is 3. The number of carboxylic acids is 2. The van der Waals surface area contributed by atoms with Gasteiger partial charge < -0.3 is 85.9 Å². The number of nitrogens with two attached hydrogens (primary N) is 1. The molecule has 5 heterocycles. The molecule has 7 aromatic rings. The van der Waals surface area contributed by atoms with Gasteiger partial charge in [-0.3, -0.25) is 38.1 Å². The van der Waals surface area contributed by atoms with Gasteiger partial charge in [0.2, 0.25) is 23.6 Å². The maximum Gasteiger partial charge on any atom is 0.490 e. The van der Waals surface area contributed by atoms with Gasteiger partial charge >= 0.3 is 35.4 Å². The van der Waals surface area contributed by atoms with Crippen molar-refractivity contribution in [2.75, 3.05) is 43.8 Å². The lowest BCUT2D eigenvalue weighted by atomic mass is 9.88. The molecule has 1 fully saturated rings. The molecule has 5 aromatic carbocycles. The van der Waals surface area contributed by atoms with Crippen LogP contribution in [0.5, 0.6) is 11.6 Å². The maximum absolute atomic E-state index is 14.6. The molecule has 0 radical (unpaired) electrons. The van der Waals surface area contributed by atoms with E-state index in [1.54, 1.807) is 36.4 Å². The minimum absolute atomic E-state index is 0.00764. The Morgan fingerprint density at radius 2 is 1.34 bits per heavy atom. The van der Waals surface area contributed by atoms with Crippen LogP contribution in [0.4, 0.5) is 11.6 Å². The molecule has 5 aliphatic rings. The van der Waals surface area contributed by atoms with Crippen molar-refractivity contribution in [2.24, 2.45) is 4.99 Å². The number of ether oxygens (including phenoxy) is 1. The van der Waals surface area contributed by atoms with E-state index < -0.39 is 89.4 Å². The number of phenolic OH excluding ortho intramolecular Hbond substituents is 1. The van der Waals surface area contributed by atoms with Crippen LogP contribution in [0.15, 0.2) is 140 Å². The number of nitrogens with zero attached hydrogens (tertiary/aromatic N) is 5. The number of hydrogen-bond donors (Lipinski definition) is 14. The molecule has 0 bridgehead atoms. The standard InChI is InChI=1S/C78H74N11O24P3/c1-5-80-57-39-62-55(32-41(57)3)69(56-33-42(4)58(81-6-2)40-63(56)109-62)50-24-20-46(36-54(50)77(99)100)73(94)85-59(34-44-17-15-43(16-18-44)12-10-31-83-72(93)45-19-23-49(53(35-45)76(97)98)68-51-25-21-47(90)37-60(51)108-61-38-48(91)22-26-52(61)68)74(95)84-29-9-7-8-14-65(92)82-30-11-13-64-86-70-71(87-78(79)88-75(70)96)89(64)66-27-28-67(110-66)111-115(104,105)113-116(106,107)112-114(101,102)103/h15-26,32-33,35-40,59,66-67,80,90H,5-9,14,27-31,34H2,1-4H3,(H,82,92)(H,83,93)(H,84,95)(H,85,94)(H,97,98)(H,99,100)(H,104,105)(H,106,107)(H2,101,102,103)(H3,79,87,88,96)/t59?,66-,67-/m1/s1. The van der Waals surface area contributed by atoms with Crippen LogP contribution in [0, 0.1) is 37.5 Å². The number of aryl methyl sites for hydroxylation is 2. The van der Waals surface area contributed by atoms with E-state index in [4.69, 9.17) is 33.6 Å². The zero-order valence-corrected chi connectivity index (χ0v) is 64.7. The Labute approximate surface area is 658 Å². The van der Waals surface area contributed by atoms with Gasteiger partial charge in [-0.1, -0.05) is 48.4 Å². The summed E-state index contributed by atoms with van der Waals surface area (Å²) < 4.78 is 67.4. The molecule has 0 spiro atoms. The van der Waals surface area contributed by atoms with Crippen molar-refractivity contribution < 1.29 is 109 Å². The molecule has 600 valence electrons. The third-order valence-electron chi connectivity index (χ3n) is 18.3. The minimum atomic E-state index is -5.85. The number of rotatable bonds is 28. The number of imidazole rings is 1. The molecular formula is C78H74N11O24P3. The van der Waals surface area contributed by atoms with E-state index >= 15 is 0 Å². The SMILES string of the molecule is CCN=c1cc2oc3cc(NCC)c(C)cc3c(-c3ccc(C(=O)NC(Cc4ccc(C#CCNC(=O)c5ccc(-c6c7ccc(=O)cc-7oc7cc(O)ccc67)c(C(=O)O)c5)cc4)C(=O)NCCCCCC(=O)NCC#Cc4nc5c(O)nc(N)nc5n4[C@H]4CC[C@@H](OP(=O)(O)OP(=O)(O)OP(=O)(O)O)O4)cc3C(=O)O)c-2cc1C. The molecule has 0 saturated carbocycles. The first-order valence-electron chi connectivity index (χ1n) is 35.9. The second-order valence-corrected chi connectivity index (χ2v) is 30.9. The van der Waals surface area contributed by atoms with Gasteiger partial charge in [0.25, 0.3) is 11.8 Å². The van der Waals surface area contributed by atoms with Gasteiger partial charge in [-0.25, -0.2) is 28.3 Å². The highest BCUT2D eigenvalue weighted by Gasteiger charge is 2.44. The molecular weight excluding hydrogens is 1570 g/mol. The highest BCUT2D eigenvalue weighted by molar-refractivity contribution is 7.66. The van der Waals surface area contributed by atoms with Gasteiger partial charge in [-0.15, -0.1) is 0 Å². The highest BCUT2D eigenvalue weighted by atomic mass is 31.3. The molecule has 116 heavy (non-hydrogen) atoms. The number of phenols is 1. The van der Waals surface area contributed by atoms with Gasteiger partial charge in [0.15, 0.2) is 28.7 Å². The van der Waals surface area contributed by atoms with Crippen molar-refractivity contribution in [3.8, 4) is 80.2 Å². The Morgan fingerprint density at radius 1 is 0.672 bits per heavy atom. The van der Waals surface area contributed by atoms with Crippen LogP contribution in [0.2, 0.25) is 0 Å². The molecule has 1 saturated heterocycles. The van der Waals surface area contributed by atoms with Crippen LogP contribution in [0.3, 0.4) is 0 Å². The normalized spacial score (nSPS) is 14.9. The molecule has 12 rings (SSSR count). The van der Waals surface area contributed by atoms with Crippen LogP contribution < -0.4 is 43.1 Å². The molecule has 5 atom stereocenters. The van der Waals surface area contributed by atoms with Gasteiger partial charge in [0.1, 0.15) is 40.7 Å². The van der Waals surface area contributed by atoms with Crippen molar-refractivity contribution in [1.82, 2.24) is 40.8 Å². The number of carboxylic acid groups (broad SMARTS) is 2. The number of carbonyl (C=O) groups excluding carboxylic acids is 4. The van der Waals surface area contributed by atoms with Gasteiger partial charge in [-0.05, 0) is 153 Å². The third-order valence-corrected chi connectivity index (χ3v) is 22.1. The Kier molecular flexibility index (Phi) is 25.1. The Balaban J connectivity index is 0.718. The van der Waals surface area contributed by atoms with Gasteiger partial charge in [-0.2, -0.15) is 18.6 Å². The number of hydrogen-bond acceptors (Lipinski definition) is 24. The van der Waals surface area contributed by atoms with E-state index in [0.29, 0.717) is 93.2 Å². The Hall–Kier alpha value is -12.5. The highest BCUT2D eigenvalue weighted by Crippen LogP contribution is 2.67. The topological polar surface area (TPSA) is 538 Å². The lowest BCUT2D eigenvalue weighted by molar-refractivity contribution is -0.123. The minimum Gasteiger partial charge on any atom is -0.508 e. The van der Waals surface area contributed by atoms with E-state index in [9.17, 15) is 77.5 Å². The predicted octanol–water partition coefficient (Wildman–Crippen LogP) is 9.53. The van der Waals surface area contributed by atoms with E-state index in [2.05, 4.69) is 78.8 Å². The molecule has 35 nitrogen and oxygen atoms in total. The number of nitrogen functional groups attached to an aromatic ring is 1. The number of fused-ring (bicyclic) bond motifs is 5. The number of nitrogens with one attached hydrogen (secondary N) is 5. The van der Waals surface area contributed by atoms with Gasteiger partial charge in [0, 0.05) is 119 Å². The molecule has 38 heteroatoms. The van der Waals surface area contributed by atoms with E-state index in [1.807, 2.05) is 52.0 Å². The van der Waals surface area contributed by atoms with Crippen LogP contribution in [-0.4, -0.2) is 140 Å². The fraction of sp³-hybridized carbons (Fsp3) is 0.244. The number of carbonyl (C=O) groups is 6. The zero-order chi connectivity index (χ0) is 83.1. The lowest BCUT2D eigenvalue weighted by Gasteiger charge is -2.21. The zero-order valence-electron chi connectivity index (χ0n) is 62.0. The molecule has 3 aliphatic heterocycles. The molecule has 2 aromatic heterocycles. The Bertz CT molecular complexity index is 6140. The summed E-state index contributed by atoms with van der Waals surface area (Å²) in [5.41, 5.74) is 11.3. The molecule has 3 unspecified atom stereocenters. The number of aromatic nitrogens is 4. The quantitative estimate of drug-likeness (QED) is 0.00938. The van der Waals surface area contributed by atoms with Crippen molar-refractivity contribution in [3.63, 3.8) is 0 Å². The van der Waals surface area contributed by atoms with E-state index in [1.165, 1.54) is 65.2 Å². The van der Waals surface area contributed by atoms with Crippen molar-refractivity contribution in [2.45, 2.75) is 91.2 Å². The van der Waals surface area contributed by atoms with E-state index in [-0.39, 0.29) is 118 Å². The molecule has 2 aliphatic carbocycles. The van der Waals surface area contributed by atoms with Gasteiger partial charge in [0.05, 0.1) is 29.6 Å². The number of aromatic hydroxyl groups is 2. The van der Waals surface area contributed by atoms with Crippen LogP contribution in [0.1, 0.15) is 128 Å². The fourth-order valence-electron chi connectivity index (χ4n) is 13.2. The summed E-state index contributed by atoms with van der Waals surface area (Å²) in [5.74, 6) is 5.50. The fourth-order valence-corrected chi connectivity index (χ4v) is 16.3. The lowest BCUT2D eigenvalue weighted by Crippen LogP contribution is -2.48. The number of amides is 4. The first-order chi connectivity index (χ1) is 55.2. The van der Waals surface area contributed by atoms with Crippen LogP contribution in [0.25, 0.3) is 78.0 Å². The number of benzene rings is 7. The number of phosphoric ester groups is 1. The largest absolute Gasteiger partial charge is 0.508 e. The molecule has 4 amide bonds. The third kappa shape index (κ3) is 19.7. The van der Waals surface area contributed by atoms with Crippen LogP contribution in [-0.2, 0) is 47.6 Å². The monoisotopic (exact) mass is 1640 g/mol. The maximum atomic E-state index is 14.6. The van der Waals surface area contributed by atoms with Crippen molar-refractivity contribution in [1.29, 1.82) is 0 Å². The first-order valence-corrected chi connectivity index (χ1v) is 40.4. The predicted molar refractivity (Wildman–Crippen MR) is 420 cm³/mol. The molecule has 15 N–H and O–H groups in total. The van der Waals surface area contributed by atoms with Crippen LogP contribution >= 0.6 is 23.5 Å². The number of unbranched alkanes of at least 4 members (excludes halogenated alkanes) is 2. The summed E-state index contributed by atoms with van der Waals surface area (Å²) in [7, 11) is -17.1. The average Bonchev–Trinajstić information content (AvgIpc) is 0.822. The van der Waals surface area contributed by atoms with Crippen molar-refractivity contribution in [3.05, 3.63) is 187 Å². The summed E-state index contributed by atoms with van der Waals surface area (Å²) in [6.45, 7) is 8.50. The van der Waals surface area contributed by atoms with Crippen molar-refractivity contribution >= 4 is 104 Å². The smallest absolute Gasteiger partial charge is 0.490 e. The number of aromatic carboxylic acids is 2. The summed E-state index contributed by atoms with van der Waals surface area (Å²) in [6.07, 6.45) is -2.02. The summed E-state index contributed by atoms with van der Waals surface area (Å²) in [5, 5.41) is 58.4. The Morgan fingerprint density at radius 3 is 2.03 bits per heavy atom. The summed E-state index contributed by atoms with van der Waals surface area (Å²) in [4.78, 5) is 149. The number of anilines is 2. The second kappa shape index (κ2) is 35.1. The second-order valence-electron chi connectivity index (χ2n) is 26.5. The summed E-state index contributed by atoms with van der Waals surface area (Å²) in [6, 6.07) is 29.8. The first kappa shape index (κ1) is 83.0.